The number of piperidine rings is 1. The lowest BCUT2D eigenvalue weighted by Crippen LogP contribution is -2.53. The summed E-state index contributed by atoms with van der Waals surface area (Å²) in [6.45, 7) is 5.42. The monoisotopic (exact) mass is 735 g/mol. The van der Waals surface area contributed by atoms with Gasteiger partial charge >= 0.3 is 18.1 Å². The van der Waals surface area contributed by atoms with E-state index in [1.54, 1.807) is 41.1 Å². The minimum atomic E-state index is -1.07. The molecule has 0 saturated carbocycles. The van der Waals surface area contributed by atoms with Crippen LogP contribution in [0.1, 0.15) is 37.3 Å². The fourth-order valence-corrected chi connectivity index (χ4v) is 6.61. The van der Waals surface area contributed by atoms with Gasteiger partial charge in [0.15, 0.2) is 6.10 Å². The van der Waals surface area contributed by atoms with E-state index in [0.29, 0.717) is 69.7 Å². The highest BCUT2D eigenvalue weighted by Crippen LogP contribution is 2.27. The third kappa shape index (κ3) is 9.69. The van der Waals surface area contributed by atoms with Crippen molar-refractivity contribution in [2.45, 2.75) is 51.2 Å². The molecule has 2 fully saturated rings. The molecule has 0 bridgehead atoms. The van der Waals surface area contributed by atoms with Crippen molar-refractivity contribution in [1.29, 1.82) is 0 Å². The van der Waals surface area contributed by atoms with Gasteiger partial charge in [-0.15, -0.1) is 0 Å². The molecular weight excluding hydrogens is 694 g/mol. The van der Waals surface area contributed by atoms with Crippen LogP contribution < -0.4 is 5.32 Å². The molecule has 13 heteroatoms. The number of hydrogen-bond acceptors (Lipinski definition) is 8. The SMILES string of the molecule is CCOC(=O)CC=C=C=CN1CCN(C(=O)[C@@H](Cc2ccc(O)c(Br)c2)OC(=O)N2CCC(N3CCc4ccccc4NC3=O)CC2)CC1. The molecule has 3 aliphatic rings. The molecule has 2 aromatic rings. The van der Waals surface area contributed by atoms with Crippen molar-refractivity contribution in [3.8, 4) is 5.75 Å². The Morgan fingerprint density at radius 1 is 1.02 bits per heavy atom. The Labute approximate surface area is 294 Å². The van der Waals surface area contributed by atoms with E-state index in [0.717, 1.165) is 23.2 Å². The van der Waals surface area contributed by atoms with Gasteiger partial charge in [0, 0.05) is 64.0 Å². The van der Waals surface area contributed by atoms with Crippen LogP contribution in [0.2, 0.25) is 0 Å². The van der Waals surface area contributed by atoms with Crippen LogP contribution in [0.25, 0.3) is 0 Å². The number of likely N-dealkylation sites (tertiary alicyclic amines) is 1. The number of piperazine rings is 1. The van der Waals surface area contributed by atoms with Gasteiger partial charge in [-0.2, -0.15) is 0 Å². The second-order valence-corrected chi connectivity index (χ2v) is 13.0. The van der Waals surface area contributed by atoms with Crippen molar-refractivity contribution in [1.82, 2.24) is 19.6 Å². The number of urea groups is 1. The van der Waals surface area contributed by atoms with E-state index in [2.05, 4.69) is 32.7 Å². The van der Waals surface area contributed by atoms with E-state index in [-0.39, 0.29) is 42.5 Å². The number of aromatic hydroxyl groups is 1. The molecule has 0 radical (unpaired) electrons. The zero-order chi connectivity index (χ0) is 34.8. The number of ether oxygens (including phenoxy) is 2. The number of rotatable bonds is 9. The Kier molecular flexibility index (Phi) is 12.4. The third-order valence-corrected chi connectivity index (χ3v) is 9.52. The number of halogens is 1. The first kappa shape index (κ1) is 35.6. The second-order valence-electron chi connectivity index (χ2n) is 12.1. The maximum atomic E-state index is 13.8. The Morgan fingerprint density at radius 2 is 1.78 bits per heavy atom. The minimum Gasteiger partial charge on any atom is -0.507 e. The molecule has 0 unspecified atom stereocenters. The number of amides is 4. The number of carbonyl (C=O) groups is 4. The molecule has 2 aromatic carbocycles. The molecule has 0 spiro atoms. The second kappa shape index (κ2) is 17.1. The standard InChI is InChI=1S/C36H42BrN5O7/c1-2-48-33(44)10-4-3-7-16-39-20-22-40(23-21-39)34(45)32(25-26-11-12-31(43)29(37)24-26)49-36(47)41-17-14-28(15-18-41)42-19-13-27-8-5-6-9-30(27)38-35(42)46/h4-6,8-9,11-12,16,24,28,32,43H,2,10,13-15,17-23,25H2,1H3,(H,38,46)/t32-/m1/s1. The van der Waals surface area contributed by atoms with Crippen molar-refractivity contribution < 1.29 is 33.8 Å². The summed E-state index contributed by atoms with van der Waals surface area (Å²) in [6.07, 6.45) is 3.89. The summed E-state index contributed by atoms with van der Waals surface area (Å²) in [5.74, 6) is -0.541. The minimum absolute atomic E-state index is 0.0154. The van der Waals surface area contributed by atoms with E-state index >= 15 is 0 Å². The first-order valence-electron chi connectivity index (χ1n) is 16.6. The third-order valence-electron chi connectivity index (χ3n) is 8.89. The summed E-state index contributed by atoms with van der Waals surface area (Å²) in [4.78, 5) is 59.0. The van der Waals surface area contributed by atoms with E-state index in [1.807, 2.05) is 34.1 Å². The zero-order valence-corrected chi connectivity index (χ0v) is 29.2. The topological polar surface area (TPSA) is 132 Å². The number of benzene rings is 2. The maximum absolute atomic E-state index is 13.8. The van der Waals surface area contributed by atoms with Crippen molar-refractivity contribution in [3.63, 3.8) is 0 Å². The van der Waals surface area contributed by atoms with Crippen LogP contribution in [-0.4, -0.2) is 113 Å². The Morgan fingerprint density at radius 3 is 2.51 bits per heavy atom. The molecule has 1 atom stereocenters. The quantitative estimate of drug-likeness (QED) is 0.281. The van der Waals surface area contributed by atoms with Crippen LogP contribution >= 0.6 is 15.9 Å². The van der Waals surface area contributed by atoms with Crippen LogP contribution in [0.3, 0.4) is 0 Å². The van der Waals surface area contributed by atoms with Gasteiger partial charge in [0.25, 0.3) is 5.91 Å². The predicted molar refractivity (Wildman–Crippen MR) is 186 cm³/mol. The molecule has 49 heavy (non-hydrogen) atoms. The van der Waals surface area contributed by atoms with Gasteiger partial charge in [-0.3, -0.25) is 9.59 Å². The van der Waals surface area contributed by atoms with Crippen LogP contribution in [0.15, 0.2) is 70.7 Å². The largest absolute Gasteiger partial charge is 0.507 e. The fourth-order valence-electron chi connectivity index (χ4n) is 6.18. The summed E-state index contributed by atoms with van der Waals surface area (Å²) in [5, 5.41) is 13.0. The number of phenols is 1. The van der Waals surface area contributed by atoms with Gasteiger partial charge in [-0.05, 0) is 77.5 Å². The Hall–Kier alpha value is -4.70. The lowest BCUT2D eigenvalue weighted by Gasteiger charge is -2.38. The van der Waals surface area contributed by atoms with E-state index < -0.39 is 12.2 Å². The van der Waals surface area contributed by atoms with Crippen LogP contribution in [0.5, 0.6) is 5.75 Å². The highest BCUT2D eigenvalue weighted by Gasteiger charge is 2.35. The number of esters is 1. The van der Waals surface area contributed by atoms with Gasteiger partial charge in [0.2, 0.25) is 0 Å². The molecule has 0 aromatic heterocycles. The predicted octanol–water partition coefficient (Wildman–Crippen LogP) is 4.68. The Bertz CT molecular complexity index is 1620. The molecular formula is C36H42BrN5O7. The molecule has 3 aliphatic heterocycles. The van der Waals surface area contributed by atoms with Crippen LogP contribution in [0.4, 0.5) is 15.3 Å². The smallest absolute Gasteiger partial charge is 0.410 e. The molecule has 0 aliphatic carbocycles. The van der Waals surface area contributed by atoms with Gasteiger partial charge < -0.3 is 39.5 Å². The lowest BCUT2D eigenvalue weighted by molar-refractivity contribution is -0.142. The number of hydrogen-bond donors (Lipinski definition) is 2. The van der Waals surface area contributed by atoms with E-state index in [4.69, 9.17) is 9.47 Å². The number of para-hydroxylation sites is 1. The average Bonchev–Trinajstić information content (AvgIpc) is 3.27. The first-order valence-corrected chi connectivity index (χ1v) is 17.4. The van der Waals surface area contributed by atoms with Crippen molar-refractivity contribution >= 4 is 45.6 Å². The van der Waals surface area contributed by atoms with E-state index in [1.165, 1.54) is 6.07 Å². The highest BCUT2D eigenvalue weighted by atomic mass is 79.9. The summed E-state index contributed by atoms with van der Waals surface area (Å²) < 4.78 is 11.3. The molecule has 4 amide bonds. The number of anilines is 1. The van der Waals surface area contributed by atoms with Gasteiger partial charge in [0.05, 0.1) is 23.7 Å². The summed E-state index contributed by atoms with van der Waals surface area (Å²) in [5.41, 5.74) is 8.41. The lowest BCUT2D eigenvalue weighted by atomic mass is 10.0. The van der Waals surface area contributed by atoms with Crippen molar-refractivity contribution in [3.05, 3.63) is 81.8 Å². The molecule has 2 saturated heterocycles. The van der Waals surface area contributed by atoms with Crippen LogP contribution in [0, 0.1) is 0 Å². The fraction of sp³-hybridized carbons (Fsp3) is 0.444. The van der Waals surface area contributed by atoms with Gasteiger partial charge in [0.1, 0.15) is 5.75 Å². The number of phenolic OH excluding ortho intramolecular Hbond substituents is 1. The molecule has 12 nitrogen and oxygen atoms in total. The summed E-state index contributed by atoms with van der Waals surface area (Å²) in [6, 6.07) is 12.6. The van der Waals surface area contributed by atoms with Crippen molar-refractivity contribution in [2.24, 2.45) is 0 Å². The number of fused-ring (bicyclic) bond motifs is 1. The molecule has 260 valence electrons. The number of carbonyl (C=O) groups excluding carboxylic acids is 4. The molecule has 3 heterocycles. The number of nitrogens with zero attached hydrogens (tertiary/aromatic N) is 4. The molecule has 5 rings (SSSR count). The van der Waals surface area contributed by atoms with Gasteiger partial charge in [-0.1, -0.05) is 35.7 Å². The number of nitrogens with one attached hydrogen (secondary N) is 1. The Balaban J connectivity index is 1.18. The molecule has 2 N–H and O–H groups in total. The van der Waals surface area contributed by atoms with Crippen LogP contribution in [-0.2, 0) is 31.9 Å². The summed E-state index contributed by atoms with van der Waals surface area (Å²) in [7, 11) is 0. The van der Waals surface area contributed by atoms with Crippen molar-refractivity contribution in [2.75, 3.05) is 57.7 Å². The average molecular weight is 737 g/mol. The van der Waals surface area contributed by atoms with E-state index in [9.17, 15) is 24.3 Å². The highest BCUT2D eigenvalue weighted by molar-refractivity contribution is 9.10. The zero-order valence-electron chi connectivity index (χ0n) is 27.6. The normalized spacial score (nSPS) is 17.1. The first-order chi connectivity index (χ1) is 23.7. The maximum Gasteiger partial charge on any atom is 0.410 e. The summed E-state index contributed by atoms with van der Waals surface area (Å²) >= 11 is 3.33. The van der Waals surface area contributed by atoms with Gasteiger partial charge in [-0.25, -0.2) is 9.59 Å².